The van der Waals surface area contributed by atoms with Crippen LogP contribution in [0.1, 0.15) is 26.7 Å². The fraction of sp³-hybridized carbons (Fsp3) is 0.357. The van der Waals surface area contributed by atoms with Crippen LogP contribution in [0.2, 0.25) is 0 Å². The summed E-state index contributed by atoms with van der Waals surface area (Å²) in [6.07, 6.45) is -0.522. The van der Waals surface area contributed by atoms with E-state index in [1.165, 1.54) is 0 Å². The second kappa shape index (κ2) is 6.26. The van der Waals surface area contributed by atoms with E-state index in [2.05, 4.69) is 31.4 Å². The number of ether oxygens (including phenoxy) is 1. The molecule has 0 atom stereocenters. The van der Waals surface area contributed by atoms with Gasteiger partial charge in [0, 0.05) is 10.0 Å². The summed E-state index contributed by atoms with van der Waals surface area (Å²) in [4.78, 5) is 11.5. The Labute approximate surface area is 131 Å². The van der Waals surface area contributed by atoms with Crippen molar-refractivity contribution < 1.29 is 13.9 Å². The van der Waals surface area contributed by atoms with Crippen LogP contribution in [0.5, 0.6) is 0 Å². The fourth-order valence-electron chi connectivity index (χ4n) is 1.50. The summed E-state index contributed by atoms with van der Waals surface area (Å²) in [6, 6.07) is 7.50. The fourth-order valence-corrected chi connectivity index (χ4v) is 1.76. The maximum absolute atomic E-state index is 11.5. The molecule has 1 aromatic carbocycles. The van der Waals surface area contributed by atoms with Crippen LogP contribution in [0.3, 0.4) is 0 Å². The normalized spacial score (nSPS) is 11.2. The minimum absolute atomic E-state index is 0.123. The van der Waals surface area contributed by atoms with Crippen molar-refractivity contribution >= 4 is 22.0 Å². The summed E-state index contributed by atoms with van der Waals surface area (Å²) in [5, 5.41) is 10.4. The van der Waals surface area contributed by atoms with Crippen LogP contribution in [0, 0.1) is 0 Å². The highest BCUT2D eigenvalue weighted by molar-refractivity contribution is 9.10. The summed E-state index contributed by atoms with van der Waals surface area (Å²) in [7, 11) is 0. The molecule has 21 heavy (non-hydrogen) atoms. The maximum atomic E-state index is 11.5. The Morgan fingerprint density at radius 3 is 2.57 bits per heavy atom. The quantitative estimate of drug-likeness (QED) is 0.913. The van der Waals surface area contributed by atoms with Crippen molar-refractivity contribution in [3.63, 3.8) is 0 Å². The highest BCUT2D eigenvalue weighted by atomic mass is 79.9. The summed E-state index contributed by atoms with van der Waals surface area (Å²) in [6.45, 7) is 5.51. The van der Waals surface area contributed by atoms with Gasteiger partial charge in [0.05, 0.1) is 6.54 Å². The van der Waals surface area contributed by atoms with Gasteiger partial charge >= 0.3 is 6.09 Å². The van der Waals surface area contributed by atoms with Gasteiger partial charge < -0.3 is 14.5 Å². The summed E-state index contributed by atoms with van der Waals surface area (Å²) in [5.41, 5.74) is 0.274. The molecule has 0 unspecified atom stereocenters. The predicted molar refractivity (Wildman–Crippen MR) is 80.5 cm³/mol. The van der Waals surface area contributed by atoms with Crippen molar-refractivity contribution in [1.29, 1.82) is 0 Å². The highest BCUT2D eigenvalue weighted by Crippen LogP contribution is 2.20. The number of carbonyl (C=O) groups is 1. The van der Waals surface area contributed by atoms with Gasteiger partial charge in [0.15, 0.2) is 0 Å². The zero-order chi connectivity index (χ0) is 15.5. The number of alkyl carbamates (subject to hydrolysis) is 1. The zero-order valence-corrected chi connectivity index (χ0v) is 13.6. The van der Waals surface area contributed by atoms with Crippen molar-refractivity contribution in [2.75, 3.05) is 0 Å². The van der Waals surface area contributed by atoms with Crippen molar-refractivity contribution in [1.82, 2.24) is 15.5 Å². The lowest BCUT2D eigenvalue weighted by molar-refractivity contribution is 0.0519. The number of hydrogen-bond acceptors (Lipinski definition) is 5. The third-order valence-corrected chi connectivity index (χ3v) is 2.87. The Kier molecular flexibility index (Phi) is 4.62. The molecule has 6 nitrogen and oxygen atoms in total. The average Bonchev–Trinajstić information content (AvgIpc) is 2.84. The SMILES string of the molecule is CC(C)(C)OC(=O)NCc1nnc(-c2ccc(Br)cc2)o1. The van der Waals surface area contributed by atoms with Gasteiger partial charge in [-0.25, -0.2) is 4.79 Å². The van der Waals surface area contributed by atoms with E-state index in [-0.39, 0.29) is 6.54 Å². The summed E-state index contributed by atoms with van der Waals surface area (Å²) < 4.78 is 11.6. The van der Waals surface area contributed by atoms with E-state index in [0.29, 0.717) is 11.8 Å². The first-order chi connectivity index (χ1) is 9.83. The largest absolute Gasteiger partial charge is 0.444 e. The average molecular weight is 354 g/mol. The van der Waals surface area contributed by atoms with Gasteiger partial charge in [-0.05, 0) is 45.0 Å². The van der Waals surface area contributed by atoms with Crippen LogP contribution in [0.4, 0.5) is 4.79 Å². The van der Waals surface area contributed by atoms with Crippen molar-refractivity contribution in [3.05, 3.63) is 34.6 Å². The minimum Gasteiger partial charge on any atom is -0.444 e. The maximum Gasteiger partial charge on any atom is 0.408 e. The van der Waals surface area contributed by atoms with E-state index in [9.17, 15) is 4.79 Å². The molecule has 0 fully saturated rings. The van der Waals surface area contributed by atoms with Gasteiger partial charge in [0.25, 0.3) is 0 Å². The second-order valence-corrected chi connectivity index (χ2v) is 6.28. The van der Waals surface area contributed by atoms with E-state index >= 15 is 0 Å². The number of hydrogen-bond donors (Lipinski definition) is 1. The first-order valence-corrected chi connectivity index (χ1v) is 7.18. The summed E-state index contributed by atoms with van der Waals surface area (Å²) in [5.74, 6) is 0.724. The number of benzene rings is 1. The van der Waals surface area contributed by atoms with E-state index in [1.54, 1.807) is 20.8 Å². The van der Waals surface area contributed by atoms with Gasteiger partial charge in [-0.1, -0.05) is 15.9 Å². The van der Waals surface area contributed by atoms with Crippen molar-refractivity contribution in [2.45, 2.75) is 32.9 Å². The first kappa shape index (κ1) is 15.5. The molecule has 1 amide bonds. The first-order valence-electron chi connectivity index (χ1n) is 6.39. The molecule has 0 spiro atoms. The lowest BCUT2D eigenvalue weighted by Crippen LogP contribution is -2.32. The predicted octanol–water partition coefficient (Wildman–Crippen LogP) is 3.52. The molecule has 0 saturated carbocycles. The molecule has 1 aromatic heterocycles. The number of carbonyl (C=O) groups excluding carboxylic acids is 1. The third-order valence-electron chi connectivity index (χ3n) is 2.34. The van der Waals surface area contributed by atoms with Gasteiger partial charge in [0.1, 0.15) is 5.60 Å². The number of nitrogens with zero attached hydrogens (tertiary/aromatic N) is 2. The molecule has 0 aliphatic carbocycles. The van der Waals surface area contributed by atoms with Crippen LogP contribution < -0.4 is 5.32 Å². The molecule has 0 aliphatic heterocycles. The molecular formula is C14H16BrN3O3. The summed E-state index contributed by atoms with van der Waals surface area (Å²) >= 11 is 3.36. The van der Waals surface area contributed by atoms with E-state index in [0.717, 1.165) is 10.0 Å². The molecule has 2 aromatic rings. The number of aromatic nitrogens is 2. The Morgan fingerprint density at radius 1 is 1.29 bits per heavy atom. The molecule has 0 bridgehead atoms. The van der Waals surface area contributed by atoms with E-state index < -0.39 is 11.7 Å². The highest BCUT2D eigenvalue weighted by Gasteiger charge is 2.16. The van der Waals surface area contributed by atoms with Crippen molar-refractivity contribution in [2.24, 2.45) is 0 Å². The third kappa shape index (κ3) is 4.86. The van der Waals surface area contributed by atoms with E-state index in [1.807, 2.05) is 24.3 Å². The molecular weight excluding hydrogens is 338 g/mol. The monoisotopic (exact) mass is 353 g/mol. The lowest BCUT2D eigenvalue weighted by atomic mass is 10.2. The van der Waals surface area contributed by atoms with E-state index in [4.69, 9.17) is 9.15 Å². The molecule has 7 heteroatoms. The topological polar surface area (TPSA) is 77.2 Å². The van der Waals surface area contributed by atoms with Crippen LogP contribution in [0.25, 0.3) is 11.5 Å². The smallest absolute Gasteiger partial charge is 0.408 e. The molecule has 112 valence electrons. The molecule has 1 heterocycles. The second-order valence-electron chi connectivity index (χ2n) is 5.36. The Bertz CT molecular complexity index is 617. The van der Waals surface area contributed by atoms with Gasteiger partial charge in [0.2, 0.25) is 11.8 Å². The van der Waals surface area contributed by atoms with Crippen LogP contribution >= 0.6 is 15.9 Å². The van der Waals surface area contributed by atoms with Gasteiger partial charge in [-0.2, -0.15) is 0 Å². The molecule has 2 rings (SSSR count). The lowest BCUT2D eigenvalue weighted by Gasteiger charge is -2.19. The Hall–Kier alpha value is -1.89. The van der Waals surface area contributed by atoms with Crippen LogP contribution in [-0.4, -0.2) is 21.9 Å². The van der Waals surface area contributed by atoms with Gasteiger partial charge in [-0.15, -0.1) is 10.2 Å². The molecule has 1 N–H and O–H groups in total. The zero-order valence-electron chi connectivity index (χ0n) is 12.0. The van der Waals surface area contributed by atoms with Crippen molar-refractivity contribution in [3.8, 4) is 11.5 Å². The standard InChI is InChI=1S/C14H16BrN3O3/c1-14(2,3)21-13(19)16-8-11-17-18-12(20-11)9-4-6-10(15)7-5-9/h4-7H,8H2,1-3H3,(H,16,19). The van der Waals surface area contributed by atoms with Crippen LogP contribution in [0.15, 0.2) is 33.2 Å². The molecule has 0 aliphatic rings. The Balaban J connectivity index is 1.94. The minimum atomic E-state index is -0.540. The van der Waals surface area contributed by atoms with Crippen LogP contribution in [-0.2, 0) is 11.3 Å². The Morgan fingerprint density at radius 2 is 1.95 bits per heavy atom. The molecule has 0 saturated heterocycles. The number of rotatable bonds is 3. The molecule has 0 radical (unpaired) electrons. The van der Waals surface area contributed by atoms with Gasteiger partial charge in [-0.3, -0.25) is 0 Å². The number of halogens is 1. The number of nitrogens with one attached hydrogen (secondary N) is 1. The number of amides is 1.